The Labute approximate surface area is 161 Å². The van der Waals surface area contributed by atoms with Crippen LogP contribution in [0.15, 0.2) is 54.6 Å². The highest BCUT2D eigenvalue weighted by Crippen LogP contribution is 2.49. The Morgan fingerprint density at radius 2 is 1.59 bits per heavy atom. The fourth-order valence-electron chi connectivity index (χ4n) is 2.80. The number of hydrogen-bond acceptors (Lipinski definition) is 6. The smallest absolute Gasteiger partial charge is 0.333 e. The van der Waals surface area contributed by atoms with Crippen LogP contribution in [0.1, 0.15) is 25.5 Å². The molecule has 2 aromatic carbocycles. The summed E-state index contributed by atoms with van der Waals surface area (Å²) in [5.41, 5.74) is 1.69. The molecular weight excluding hydrogens is 365 g/mol. The zero-order valence-corrected chi connectivity index (χ0v) is 16.9. The first kappa shape index (κ1) is 21.5. The molecule has 2 N–H and O–H groups in total. The third-order valence-electron chi connectivity index (χ3n) is 4.02. The summed E-state index contributed by atoms with van der Waals surface area (Å²) < 4.78 is 28.7. The van der Waals surface area contributed by atoms with Crippen LogP contribution in [0.25, 0.3) is 0 Å². The predicted octanol–water partition coefficient (Wildman–Crippen LogP) is 4.48. The van der Waals surface area contributed by atoms with Crippen molar-refractivity contribution in [3.05, 3.63) is 60.2 Å². The van der Waals surface area contributed by atoms with E-state index >= 15 is 0 Å². The molecule has 2 aromatic rings. The number of aliphatic hydroxyl groups is 1. The summed E-state index contributed by atoms with van der Waals surface area (Å²) in [5, 5.41) is 14.2. The molecule has 0 aliphatic rings. The minimum Gasteiger partial charge on any atom is -0.497 e. The molecule has 27 heavy (non-hydrogen) atoms. The van der Waals surface area contributed by atoms with Gasteiger partial charge in [-0.3, -0.25) is 4.57 Å². The Kier molecular flexibility index (Phi) is 8.32. The lowest BCUT2D eigenvalue weighted by atomic mass is 10.0. The highest BCUT2D eigenvalue weighted by atomic mass is 31.2. The number of anilines is 1. The fourth-order valence-corrected chi connectivity index (χ4v) is 4.54. The second kappa shape index (κ2) is 10.5. The number of methoxy groups -OCH3 is 1. The van der Waals surface area contributed by atoms with E-state index in [4.69, 9.17) is 13.8 Å². The third kappa shape index (κ3) is 6.36. The van der Waals surface area contributed by atoms with Gasteiger partial charge in [0.2, 0.25) is 0 Å². The Bertz CT molecular complexity index is 713. The van der Waals surface area contributed by atoms with Gasteiger partial charge in [-0.25, -0.2) is 0 Å². The molecule has 2 atom stereocenters. The van der Waals surface area contributed by atoms with Crippen molar-refractivity contribution in [2.75, 3.05) is 31.8 Å². The highest BCUT2D eigenvalue weighted by Gasteiger charge is 2.32. The van der Waals surface area contributed by atoms with Crippen molar-refractivity contribution in [3.8, 4) is 5.75 Å². The highest BCUT2D eigenvalue weighted by molar-refractivity contribution is 7.53. The van der Waals surface area contributed by atoms with Gasteiger partial charge in [0.1, 0.15) is 5.75 Å². The molecule has 0 saturated carbocycles. The van der Waals surface area contributed by atoms with Crippen molar-refractivity contribution in [3.63, 3.8) is 0 Å². The van der Waals surface area contributed by atoms with Gasteiger partial charge in [-0.1, -0.05) is 30.3 Å². The van der Waals surface area contributed by atoms with Crippen LogP contribution in [0.2, 0.25) is 0 Å². The topological polar surface area (TPSA) is 77.0 Å². The van der Waals surface area contributed by atoms with Crippen molar-refractivity contribution in [1.29, 1.82) is 0 Å². The predicted molar refractivity (Wildman–Crippen MR) is 108 cm³/mol. The zero-order chi connectivity index (χ0) is 19.7. The number of ether oxygens (including phenoxy) is 1. The Balaban J connectivity index is 2.24. The number of rotatable bonds is 11. The lowest BCUT2D eigenvalue weighted by molar-refractivity contribution is 0.153. The van der Waals surface area contributed by atoms with Crippen molar-refractivity contribution in [2.45, 2.75) is 26.0 Å². The molecule has 6 nitrogen and oxygen atoms in total. The van der Waals surface area contributed by atoms with Crippen molar-refractivity contribution in [2.24, 2.45) is 0 Å². The van der Waals surface area contributed by atoms with E-state index in [2.05, 4.69) is 5.32 Å². The van der Waals surface area contributed by atoms with E-state index in [9.17, 15) is 9.67 Å². The van der Waals surface area contributed by atoms with Crippen LogP contribution in [0, 0.1) is 0 Å². The second-order valence-electron chi connectivity index (χ2n) is 5.96. The summed E-state index contributed by atoms with van der Waals surface area (Å²) in [6, 6.07) is 16.5. The minimum atomic E-state index is -3.38. The lowest BCUT2D eigenvalue weighted by Crippen LogP contribution is -2.29. The summed E-state index contributed by atoms with van der Waals surface area (Å²) >= 11 is 0. The van der Waals surface area contributed by atoms with Crippen LogP contribution < -0.4 is 10.1 Å². The van der Waals surface area contributed by atoms with Crippen molar-refractivity contribution < 1.29 is 23.5 Å². The van der Waals surface area contributed by atoms with E-state index in [-0.39, 0.29) is 19.4 Å². The summed E-state index contributed by atoms with van der Waals surface area (Å²) in [6.45, 7) is 4.02. The first-order valence-corrected chi connectivity index (χ1v) is 10.8. The quantitative estimate of drug-likeness (QED) is 0.549. The van der Waals surface area contributed by atoms with Crippen molar-refractivity contribution in [1.82, 2.24) is 0 Å². The Morgan fingerprint density at radius 3 is 2.11 bits per heavy atom. The van der Waals surface area contributed by atoms with Crippen LogP contribution in [0.3, 0.4) is 0 Å². The number of nitrogens with one attached hydrogen (secondary N) is 1. The molecule has 2 rings (SSSR count). The van der Waals surface area contributed by atoms with Gasteiger partial charge in [-0.05, 0) is 43.7 Å². The largest absolute Gasteiger partial charge is 0.497 e. The van der Waals surface area contributed by atoms with Crippen molar-refractivity contribution >= 4 is 13.3 Å². The van der Waals surface area contributed by atoms with Crippen LogP contribution in [-0.2, 0) is 13.6 Å². The molecule has 0 saturated heterocycles. The van der Waals surface area contributed by atoms with Crippen LogP contribution >= 0.6 is 7.60 Å². The molecule has 0 bridgehead atoms. The van der Waals surface area contributed by atoms with Gasteiger partial charge < -0.3 is 24.2 Å². The molecule has 148 valence electrons. The molecule has 0 heterocycles. The van der Waals surface area contributed by atoms with E-state index in [1.54, 1.807) is 21.0 Å². The molecule has 0 spiro atoms. The standard InChI is InChI=1S/C20H28NO5P/c1-4-25-27(23,26-5-2)15-19(22)20(16-9-7-6-8-10-16)21-17-11-13-18(24-3)14-12-17/h6-14,19-22H,4-5,15H2,1-3H3/t19-,20+/m0/s1. The lowest BCUT2D eigenvalue weighted by Gasteiger charge is -2.28. The first-order valence-electron chi connectivity index (χ1n) is 9.03. The maximum atomic E-state index is 12.8. The minimum absolute atomic E-state index is 0.0998. The summed E-state index contributed by atoms with van der Waals surface area (Å²) in [6.07, 6.45) is -1.07. The summed E-state index contributed by atoms with van der Waals surface area (Å²) in [4.78, 5) is 0. The van der Waals surface area contributed by atoms with Gasteiger partial charge in [0, 0.05) is 5.69 Å². The molecule has 0 amide bonds. The molecule has 0 fully saturated rings. The van der Waals surface area contributed by atoms with E-state index in [1.807, 2.05) is 54.6 Å². The number of benzene rings is 2. The normalized spacial score (nSPS) is 13.8. The zero-order valence-electron chi connectivity index (χ0n) is 16.0. The van der Waals surface area contributed by atoms with Crippen LogP contribution in [0.5, 0.6) is 5.75 Å². The Hall–Kier alpha value is -1.85. The second-order valence-corrected chi connectivity index (χ2v) is 8.06. The SMILES string of the molecule is CCOP(=O)(C[C@H](O)[C@H](Nc1ccc(OC)cc1)c1ccccc1)OCC. The molecule has 0 radical (unpaired) electrons. The monoisotopic (exact) mass is 393 g/mol. The van der Waals surface area contributed by atoms with E-state index in [0.29, 0.717) is 0 Å². The van der Waals surface area contributed by atoms with Gasteiger partial charge >= 0.3 is 7.60 Å². The van der Waals surface area contributed by atoms with E-state index in [0.717, 1.165) is 17.0 Å². The molecular formula is C20H28NO5P. The molecule has 0 aliphatic carbocycles. The third-order valence-corrected chi connectivity index (χ3v) is 6.14. The molecule has 7 heteroatoms. The number of aliphatic hydroxyl groups excluding tert-OH is 1. The van der Waals surface area contributed by atoms with E-state index in [1.165, 1.54) is 0 Å². The Morgan fingerprint density at radius 1 is 1.00 bits per heavy atom. The maximum absolute atomic E-state index is 12.8. The van der Waals surface area contributed by atoms with Gasteiger partial charge in [0.25, 0.3) is 0 Å². The van der Waals surface area contributed by atoms with Crippen LogP contribution in [0.4, 0.5) is 5.69 Å². The number of hydrogen-bond donors (Lipinski definition) is 2. The molecule has 0 unspecified atom stereocenters. The van der Waals surface area contributed by atoms with Gasteiger partial charge in [0.15, 0.2) is 0 Å². The summed E-state index contributed by atoms with van der Waals surface area (Å²) in [7, 11) is -1.77. The maximum Gasteiger partial charge on any atom is 0.333 e. The van der Waals surface area contributed by atoms with Gasteiger partial charge in [0.05, 0.1) is 38.6 Å². The average molecular weight is 393 g/mol. The summed E-state index contributed by atoms with van der Waals surface area (Å²) in [5.74, 6) is 0.745. The fraction of sp³-hybridized carbons (Fsp3) is 0.400. The van der Waals surface area contributed by atoms with Gasteiger partial charge in [-0.2, -0.15) is 0 Å². The first-order chi connectivity index (χ1) is 13.0. The van der Waals surface area contributed by atoms with E-state index < -0.39 is 19.7 Å². The average Bonchev–Trinajstić information content (AvgIpc) is 2.67. The van der Waals surface area contributed by atoms with Crippen LogP contribution in [-0.4, -0.2) is 37.7 Å². The van der Waals surface area contributed by atoms with Gasteiger partial charge in [-0.15, -0.1) is 0 Å². The molecule has 0 aromatic heterocycles. The molecule has 0 aliphatic heterocycles.